The molecule has 0 aliphatic carbocycles. The van der Waals surface area contributed by atoms with E-state index in [1.165, 1.54) is 62.7 Å². The summed E-state index contributed by atoms with van der Waals surface area (Å²) in [7, 11) is 0. The number of amides is 2. The van der Waals surface area contributed by atoms with Gasteiger partial charge in [-0.1, -0.05) is 70.4 Å². The Kier molecular flexibility index (Phi) is 15.4. The van der Waals surface area contributed by atoms with Crippen LogP contribution in [0.3, 0.4) is 0 Å². The van der Waals surface area contributed by atoms with E-state index in [0.717, 1.165) is 25.7 Å². The summed E-state index contributed by atoms with van der Waals surface area (Å²) in [5, 5.41) is 12.4. The van der Waals surface area contributed by atoms with Crippen LogP contribution in [0.5, 0.6) is 0 Å². The first kappa shape index (κ1) is 31.0. The molecular weight excluding hydrogens is 444 g/mol. The molecule has 0 aromatic heterocycles. The predicted molar refractivity (Wildman–Crippen MR) is 140 cm³/mol. The zero-order valence-electron chi connectivity index (χ0n) is 22.7. The van der Waals surface area contributed by atoms with E-state index in [-0.39, 0.29) is 24.9 Å². The Morgan fingerprint density at radius 2 is 1.46 bits per heavy atom. The number of hydrogen-bond donors (Lipinski definition) is 2. The maximum Gasteiger partial charge on any atom is 0.411 e. The molecule has 2 amide bonds. The van der Waals surface area contributed by atoms with Gasteiger partial charge in [-0.25, -0.2) is 9.59 Å². The average Bonchev–Trinajstić information content (AvgIpc) is 3.19. The molecule has 7 nitrogen and oxygen atoms in total. The fraction of sp³-hybridized carbons (Fsp3) is 0.821. The summed E-state index contributed by atoms with van der Waals surface area (Å²) in [6, 6.07) is -1.34. The van der Waals surface area contributed by atoms with Crippen LogP contribution in [0.1, 0.15) is 124 Å². The van der Waals surface area contributed by atoms with Crippen LogP contribution in [0.15, 0.2) is 12.2 Å². The molecule has 1 heterocycles. The number of allylic oxidation sites excluding steroid dienone is 2. The standard InChI is InChI=1S/C28H50N2O5/c1-5-6-7-8-9-10-11-12-13-14-15-16-17-18-19-20-25(31)29-23-21-24(26(32)33)30(22-23)27(34)35-28(2,3)4/h12-13,23-24H,5-11,14-22H2,1-4H3,(H,29,31)(H,32,33)/b13-12-/t23-,24-/m0/s1. The smallest absolute Gasteiger partial charge is 0.411 e. The number of rotatable bonds is 17. The van der Waals surface area contributed by atoms with E-state index in [9.17, 15) is 19.5 Å². The summed E-state index contributed by atoms with van der Waals surface area (Å²) in [5.74, 6) is -1.16. The molecule has 0 saturated carbocycles. The van der Waals surface area contributed by atoms with Gasteiger partial charge in [0, 0.05) is 25.4 Å². The van der Waals surface area contributed by atoms with Crippen LogP contribution in [-0.4, -0.2) is 52.2 Å². The summed E-state index contributed by atoms with van der Waals surface area (Å²) in [6.07, 6.45) is 20.3. The molecule has 0 spiro atoms. The largest absolute Gasteiger partial charge is 0.480 e. The van der Waals surface area contributed by atoms with Crippen molar-refractivity contribution in [3.63, 3.8) is 0 Å². The Morgan fingerprint density at radius 3 is 2.00 bits per heavy atom. The molecule has 0 aromatic rings. The monoisotopic (exact) mass is 494 g/mol. The highest BCUT2D eigenvalue weighted by molar-refractivity contribution is 5.82. The summed E-state index contributed by atoms with van der Waals surface area (Å²) < 4.78 is 5.32. The maximum atomic E-state index is 12.4. The van der Waals surface area contributed by atoms with Crippen LogP contribution in [0.4, 0.5) is 4.79 Å². The number of ether oxygens (including phenoxy) is 1. The summed E-state index contributed by atoms with van der Waals surface area (Å²) in [6.45, 7) is 7.63. The van der Waals surface area contributed by atoms with Gasteiger partial charge in [-0.3, -0.25) is 9.69 Å². The third-order valence-corrected chi connectivity index (χ3v) is 6.24. The first-order valence-electron chi connectivity index (χ1n) is 13.8. The van der Waals surface area contributed by atoms with Gasteiger partial charge in [0.05, 0.1) is 0 Å². The van der Waals surface area contributed by atoms with Gasteiger partial charge in [-0.05, 0) is 52.9 Å². The minimum Gasteiger partial charge on any atom is -0.480 e. The Balaban J connectivity index is 2.11. The number of hydrogen-bond acceptors (Lipinski definition) is 4. The van der Waals surface area contributed by atoms with Crippen LogP contribution in [0.25, 0.3) is 0 Å². The van der Waals surface area contributed by atoms with Crippen molar-refractivity contribution in [2.75, 3.05) is 6.54 Å². The Hall–Kier alpha value is -2.05. The van der Waals surface area contributed by atoms with Gasteiger partial charge in [0.1, 0.15) is 11.6 Å². The molecule has 35 heavy (non-hydrogen) atoms. The highest BCUT2D eigenvalue weighted by atomic mass is 16.6. The highest BCUT2D eigenvalue weighted by Gasteiger charge is 2.42. The summed E-state index contributed by atoms with van der Waals surface area (Å²) in [4.78, 5) is 37.5. The first-order chi connectivity index (χ1) is 16.6. The first-order valence-corrected chi connectivity index (χ1v) is 13.8. The van der Waals surface area contributed by atoms with Gasteiger partial charge in [0.2, 0.25) is 5.91 Å². The molecule has 2 atom stereocenters. The topological polar surface area (TPSA) is 95.9 Å². The zero-order chi connectivity index (χ0) is 26.1. The molecule has 0 radical (unpaired) electrons. The molecule has 7 heteroatoms. The molecule has 0 aromatic carbocycles. The van der Waals surface area contributed by atoms with E-state index >= 15 is 0 Å². The van der Waals surface area contributed by atoms with E-state index < -0.39 is 23.7 Å². The lowest BCUT2D eigenvalue weighted by molar-refractivity contribution is -0.142. The van der Waals surface area contributed by atoms with Gasteiger partial charge >= 0.3 is 12.1 Å². The minimum absolute atomic E-state index is 0.0807. The molecule has 0 unspecified atom stereocenters. The number of carbonyl (C=O) groups excluding carboxylic acids is 2. The molecule has 1 aliphatic heterocycles. The number of aliphatic carboxylic acids is 1. The van der Waals surface area contributed by atoms with Gasteiger partial charge in [0.15, 0.2) is 0 Å². The Bertz CT molecular complexity index is 656. The van der Waals surface area contributed by atoms with Gasteiger partial charge in [-0.15, -0.1) is 0 Å². The van der Waals surface area contributed by atoms with Crippen LogP contribution < -0.4 is 5.32 Å². The van der Waals surface area contributed by atoms with Crippen molar-refractivity contribution in [2.24, 2.45) is 0 Å². The van der Waals surface area contributed by atoms with Gasteiger partial charge < -0.3 is 15.2 Å². The van der Waals surface area contributed by atoms with Crippen molar-refractivity contribution in [2.45, 2.75) is 142 Å². The van der Waals surface area contributed by atoms with Crippen molar-refractivity contribution in [3.05, 3.63) is 12.2 Å². The summed E-state index contributed by atoms with van der Waals surface area (Å²) in [5.41, 5.74) is -0.703. The van der Waals surface area contributed by atoms with Crippen LogP contribution in [-0.2, 0) is 14.3 Å². The van der Waals surface area contributed by atoms with E-state index in [4.69, 9.17) is 4.74 Å². The molecular formula is C28H50N2O5. The predicted octanol–water partition coefficient (Wildman–Crippen LogP) is 6.60. The molecule has 0 bridgehead atoms. The maximum absolute atomic E-state index is 12.4. The second kappa shape index (κ2) is 17.4. The van der Waals surface area contributed by atoms with Crippen LogP contribution >= 0.6 is 0 Å². The van der Waals surface area contributed by atoms with Crippen LogP contribution in [0.2, 0.25) is 0 Å². The fourth-order valence-electron chi connectivity index (χ4n) is 4.35. The van der Waals surface area contributed by atoms with Crippen molar-refractivity contribution < 1.29 is 24.2 Å². The van der Waals surface area contributed by atoms with E-state index in [2.05, 4.69) is 24.4 Å². The normalized spacial score (nSPS) is 18.2. The third kappa shape index (κ3) is 14.8. The molecule has 1 rings (SSSR count). The van der Waals surface area contributed by atoms with Crippen molar-refractivity contribution in [1.82, 2.24) is 10.2 Å². The Labute approximate surface area is 213 Å². The number of carbonyl (C=O) groups is 3. The average molecular weight is 495 g/mol. The van der Waals surface area contributed by atoms with Crippen molar-refractivity contribution in [3.8, 4) is 0 Å². The zero-order valence-corrected chi connectivity index (χ0v) is 22.7. The number of carboxylic acid groups (broad SMARTS) is 1. The van der Waals surface area contributed by atoms with Crippen molar-refractivity contribution in [1.29, 1.82) is 0 Å². The number of unbranched alkanes of at least 4 members (excludes halogenated alkanes) is 11. The van der Waals surface area contributed by atoms with E-state index in [1.54, 1.807) is 20.8 Å². The van der Waals surface area contributed by atoms with Gasteiger partial charge in [0.25, 0.3) is 0 Å². The lowest BCUT2D eigenvalue weighted by Gasteiger charge is -2.26. The fourth-order valence-corrected chi connectivity index (χ4v) is 4.35. The quantitative estimate of drug-likeness (QED) is 0.175. The van der Waals surface area contributed by atoms with E-state index in [0.29, 0.717) is 6.42 Å². The molecule has 1 saturated heterocycles. The Morgan fingerprint density at radius 1 is 0.914 bits per heavy atom. The third-order valence-electron chi connectivity index (χ3n) is 6.24. The van der Waals surface area contributed by atoms with Crippen molar-refractivity contribution >= 4 is 18.0 Å². The molecule has 1 fully saturated rings. The SMILES string of the molecule is CCCCCCCC/C=C\CCCCCCCC(=O)N[C@H]1C[C@@H](C(=O)O)N(C(=O)OC(C)(C)C)C1. The highest BCUT2D eigenvalue weighted by Crippen LogP contribution is 2.22. The lowest BCUT2D eigenvalue weighted by Crippen LogP contribution is -2.44. The summed E-state index contributed by atoms with van der Waals surface area (Å²) >= 11 is 0. The molecule has 1 aliphatic rings. The number of likely N-dealkylation sites (tertiary alicyclic amines) is 1. The number of carboxylic acids is 1. The minimum atomic E-state index is -1.08. The second-order valence-corrected chi connectivity index (χ2v) is 10.8. The number of nitrogens with zero attached hydrogens (tertiary/aromatic N) is 1. The molecule has 202 valence electrons. The van der Waals surface area contributed by atoms with Gasteiger partial charge in [-0.2, -0.15) is 0 Å². The van der Waals surface area contributed by atoms with Crippen LogP contribution in [0, 0.1) is 0 Å². The second-order valence-electron chi connectivity index (χ2n) is 10.8. The number of nitrogens with one attached hydrogen (secondary N) is 1. The molecule has 2 N–H and O–H groups in total. The lowest BCUT2D eigenvalue weighted by atomic mass is 10.1. The van der Waals surface area contributed by atoms with E-state index in [1.807, 2.05) is 0 Å².